The fraction of sp³-hybridized carbons (Fsp3) is 0.409. The average Bonchev–Trinajstić information content (AvgIpc) is 2.67. The van der Waals surface area contributed by atoms with E-state index in [1.54, 1.807) is 19.1 Å². The first-order chi connectivity index (χ1) is 13.0. The van der Waals surface area contributed by atoms with Gasteiger partial charge in [0.2, 0.25) is 0 Å². The fourth-order valence-corrected chi connectivity index (χ4v) is 3.81. The van der Waals surface area contributed by atoms with E-state index < -0.39 is 0 Å². The van der Waals surface area contributed by atoms with Crippen molar-refractivity contribution in [2.45, 2.75) is 20.8 Å². The minimum absolute atomic E-state index is 0.0289. The Bertz CT molecular complexity index is 805. The monoisotopic (exact) mass is 369 g/mol. The molecule has 1 aliphatic heterocycles. The third-order valence-electron chi connectivity index (χ3n) is 4.98. The first-order valence-corrected chi connectivity index (χ1v) is 9.17. The summed E-state index contributed by atoms with van der Waals surface area (Å²) in [6.07, 6.45) is 0. The molecule has 0 radical (unpaired) electrons. The number of amides is 1. The van der Waals surface area contributed by atoms with Crippen LogP contribution in [0.4, 0.5) is 0 Å². The van der Waals surface area contributed by atoms with Crippen molar-refractivity contribution in [2.75, 3.05) is 40.5 Å². The summed E-state index contributed by atoms with van der Waals surface area (Å²) < 4.78 is 16.7. The van der Waals surface area contributed by atoms with Crippen molar-refractivity contribution in [1.29, 1.82) is 0 Å². The highest BCUT2D eigenvalue weighted by Gasteiger charge is 2.24. The lowest BCUT2D eigenvalue weighted by molar-refractivity contribution is 0.0302. The summed E-state index contributed by atoms with van der Waals surface area (Å²) >= 11 is 0. The Kier molecular flexibility index (Phi) is 5.71. The Balaban J connectivity index is 2.12. The van der Waals surface area contributed by atoms with Crippen molar-refractivity contribution < 1.29 is 19.0 Å². The average molecular weight is 369 g/mol. The van der Waals surface area contributed by atoms with Crippen molar-refractivity contribution in [1.82, 2.24) is 4.90 Å². The second-order valence-corrected chi connectivity index (χ2v) is 6.93. The second-order valence-electron chi connectivity index (χ2n) is 6.93. The molecule has 1 amide bonds. The highest BCUT2D eigenvalue weighted by Crippen LogP contribution is 2.43. The number of carbonyl (C=O) groups excluding carboxylic acids is 1. The summed E-state index contributed by atoms with van der Waals surface area (Å²) in [6.45, 7) is 8.59. The van der Waals surface area contributed by atoms with Gasteiger partial charge in [-0.2, -0.15) is 0 Å². The van der Waals surface area contributed by atoms with Gasteiger partial charge in [0.25, 0.3) is 5.91 Å². The molecular formula is C22H27NO4. The first kappa shape index (κ1) is 19.2. The van der Waals surface area contributed by atoms with Gasteiger partial charge in [-0.1, -0.05) is 17.7 Å². The molecule has 0 saturated carbocycles. The zero-order valence-electron chi connectivity index (χ0n) is 16.7. The Morgan fingerprint density at radius 2 is 1.41 bits per heavy atom. The van der Waals surface area contributed by atoms with Gasteiger partial charge in [0.05, 0.1) is 33.0 Å². The molecule has 1 fully saturated rings. The van der Waals surface area contributed by atoms with Crippen LogP contribution in [0.25, 0.3) is 11.1 Å². The lowest BCUT2D eigenvalue weighted by Gasteiger charge is -2.27. The number of benzene rings is 2. The number of aryl methyl sites for hydroxylation is 3. The van der Waals surface area contributed by atoms with Crippen LogP contribution in [0.15, 0.2) is 24.3 Å². The Morgan fingerprint density at radius 1 is 0.889 bits per heavy atom. The van der Waals surface area contributed by atoms with E-state index in [1.807, 2.05) is 12.1 Å². The number of methoxy groups -OCH3 is 2. The molecule has 2 aromatic carbocycles. The van der Waals surface area contributed by atoms with Gasteiger partial charge in [-0.3, -0.25) is 4.79 Å². The largest absolute Gasteiger partial charge is 0.496 e. The van der Waals surface area contributed by atoms with Crippen LogP contribution >= 0.6 is 0 Å². The van der Waals surface area contributed by atoms with E-state index in [0.717, 1.165) is 22.3 Å². The standard InChI is InChI=1S/C22H27NO4/c1-14-10-15(2)20(16(3)11-14)21-18(25-4)12-17(13-19(21)26-5)22(24)23-6-8-27-9-7-23/h10-13H,6-9H2,1-5H3. The lowest BCUT2D eigenvalue weighted by atomic mass is 9.91. The molecular weight excluding hydrogens is 342 g/mol. The summed E-state index contributed by atoms with van der Waals surface area (Å²) in [7, 11) is 3.25. The third-order valence-corrected chi connectivity index (χ3v) is 4.98. The van der Waals surface area contributed by atoms with E-state index >= 15 is 0 Å². The number of ether oxygens (including phenoxy) is 3. The van der Waals surface area contributed by atoms with E-state index in [1.165, 1.54) is 5.56 Å². The third kappa shape index (κ3) is 3.78. The molecule has 3 rings (SSSR count). The molecule has 0 aliphatic carbocycles. The minimum atomic E-state index is -0.0289. The summed E-state index contributed by atoms with van der Waals surface area (Å²) in [4.78, 5) is 14.7. The van der Waals surface area contributed by atoms with Crippen LogP contribution in [0, 0.1) is 20.8 Å². The molecule has 2 aromatic rings. The number of carbonyl (C=O) groups is 1. The quantitative estimate of drug-likeness (QED) is 0.823. The van der Waals surface area contributed by atoms with Crippen LogP contribution in [-0.2, 0) is 4.74 Å². The van der Waals surface area contributed by atoms with Crippen molar-refractivity contribution in [3.05, 3.63) is 46.5 Å². The molecule has 0 spiro atoms. The lowest BCUT2D eigenvalue weighted by Crippen LogP contribution is -2.40. The molecule has 0 aromatic heterocycles. The SMILES string of the molecule is COc1cc(C(=O)N2CCOCC2)cc(OC)c1-c1c(C)cc(C)cc1C. The van der Waals surface area contributed by atoms with E-state index in [9.17, 15) is 4.79 Å². The van der Waals surface area contributed by atoms with E-state index in [4.69, 9.17) is 14.2 Å². The van der Waals surface area contributed by atoms with Crippen LogP contribution in [0.1, 0.15) is 27.0 Å². The van der Waals surface area contributed by atoms with Gasteiger partial charge < -0.3 is 19.1 Å². The minimum Gasteiger partial charge on any atom is -0.496 e. The number of hydrogen-bond acceptors (Lipinski definition) is 4. The summed E-state index contributed by atoms with van der Waals surface area (Å²) in [5, 5.41) is 0. The molecule has 5 nitrogen and oxygen atoms in total. The summed E-state index contributed by atoms with van der Waals surface area (Å²) in [5.41, 5.74) is 6.04. The molecule has 1 heterocycles. The number of rotatable bonds is 4. The predicted molar refractivity (Wildman–Crippen MR) is 106 cm³/mol. The van der Waals surface area contributed by atoms with Crippen LogP contribution in [0.2, 0.25) is 0 Å². The van der Waals surface area contributed by atoms with Crippen LogP contribution < -0.4 is 9.47 Å². The molecule has 144 valence electrons. The Labute approximate surface area is 160 Å². The van der Waals surface area contributed by atoms with Gasteiger partial charge in [-0.25, -0.2) is 0 Å². The molecule has 1 saturated heterocycles. The van der Waals surface area contributed by atoms with Crippen molar-refractivity contribution in [3.8, 4) is 22.6 Å². The zero-order chi connectivity index (χ0) is 19.6. The van der Waals surface area contributed by atoms with Crippen LogP contribution in [0.3, 0.4) is 0 Å². The van der Waals surface area contributed by atoms with Gasteiger partial charge in [-0.15, -0.1) is 0 Å². The Morgan fingerprint density at radius 3 is 1.89 bits per heavy atom. The maximum atomic E-state index is 12.9. The number of morpholine rings is 1. The van der Waals surface area contributed by atoms with E-state index in [-0.39, 0.29) is 5.91 Å². The highest BCUT2D eigenvalue weighted by atomic mass is 16.5. The molecule has 0 unspecified atom stereocenters. The fourth-order valence-electron chi connectivity index (χ4n) is 3.81. The van der Waals surface area contributed by atoms with Crippen LogP contribution in [-0.4, -0.2) is 51.3 Å². The molecule has 27 heavy (non-hydrogen) atoms. The van der Waals surface area contributed by atoms with Gasteiger partial charge >= 0.3 is 0 Å². The maximum Gasteiger partial charge on any atom is 0.254 e. The predicted octanol–water partition coefficient (Wildman–Crippen LogP) is 3.77. The summed E-state index contributed by atoms with van der Waals surface area (Å²) in [6, 6.07) is 7.92. The molecule has 1 aliphatic rings. The van der Waals surface area contributed by atoms with Gasteiger partial charge in [0.15, 0.2) is 0 Å². The molecule has 0 N–H and O–H groups in total. The normalized spacial score (nSPS) is 14.2. The number of nitrogens with zero attached hydrogens (tertiary/aromatic N) is 1. The zero-order valence-corrected chi connectivity index (χ0v) is 16.7. The summed E-state index contributed by atoms with van der Waals surface area (Å²) in [5.74, 6) is 1.25. The van der Waals surface area contributed by atoms with Crippen molar-refractivity contribution >= 4 is 5.91 Å². The number of hydrogen-bond donors (Lipinski definition) is 0. The van der Waals surface area contributed by atoms with Crippen molar-refractivity contribution in [2.24, 2.45) is 0 Å². The van der Waals surface area contributed by atoms with Gasteiger partial charge in [0, 0.05) is 18.7 Å². The Hall–Kier alpha value is -2.53. The maximum absolute atomic E-state index is 12.9. The first-order valence-electron chi connectivity index (χ1n) is 9.17. The molecule has 0 atom stereocenters. The van der Waals surface area contributed by atoms with E-state index in [2.05, 4.69) is 32.9 Å². The van der Waals surface area contributed by atoms with Crippen LogP contribution in [0.5, 0.6) is 11.5 Å². The van der Waals surface area contributed by atoms with E-state index in [0.29, 0.717) is 43.4 Å². The second kappa shape index (κ2) is 8.01. The van der Waals surface area contributed by atoms with Gasteiger partial charge in [0.1, 0.15) is 11.5 Å². The topological polar surface area (TPSA) is 48.0 Å². The smallest absolute Gasteiger partial charge is 0.254 e. The van der Waals surface area contributed by atoms with Crippen molar-refractivity contribution in [3.63, 3.8) is 0 Å². The highest BCUT2D eigenvalue weighted by molar-refractivity contribution is 5.97. The molecule has 5 heteroatoms. The molecule has 0 bridgehead atoms. The van der Waals surface area contributed by atoms with Gasteiger partial charge in [-0.05, 0) is 49.6 Å².